The van der Waals surface area contributed by atoms with Crippen LogP contribution in [0.4, 0.5) is 4.79 Å². The van der Waals surface area contributed by atoms with Crippen LogP contribution in [0.15, 0.2) is 18.2 Å². The molecule has 1 N–H and O–H groups in total. The summed E-state index contributed by atoms with van der Waals surface area (Å²) in [6.07, 6.45) is 3.33. The van der Waals surface area contributed by atoms with Gasteiger partial charge < -0.3 is 19.7 Å². The average molecular weight is 395 g/mol. The molecular weight excluding hydrogens is 364 g/mol. The topological polar surface area (TPSA) is 50.8 Å². The van der Waals surface area contributed by atoms with Gasteiger partial charge in [-0.05, 0) is 70.1 Å². The number of benzene rings is 1. The van der Waals surface area contributed by atoms with E-state index >= 15 is 0 Å². The minimum Gasteiger partial charge on any atom is -0.493 e. The molecule has 2 aliphatic rings. The quantitative estimate of drug-likeness (QED) is 0.741. The summed E-state index contributed by atoms with van der Waals surface area (Å²) in [4.78, 5) is 14.0. The SMILES string of the molecule is CC(C)(C)OC(=O)N1CC[C@@H](CNCc2cc(Cl)ccc2OCC2CC2)C1. The second-order valence-electron chi connectivity index (χ2n) is 8.72. The van der Waals surface area contributed by atoms with Crippen LogP contribution in [0.25, 0.3) is 0 Å². The van der Waals surface area contributed by atoms with E-state index in [-0.39, 0.29) is 6.09 Å². The second kappa shape index (κ2) is 8.70. The molecule has 27 heavy (non-hydrogen) atoms. The Morgan fingerprint density at radius 1 is 1.26 bits per heavy atom. The number of amides is 1. The number of hydrogen-bond donors (Lipinski definition) is 1. The van der Waals surface area contributed by atoms with Crippen molar-refractivity contribution in [2.75, 3.05) is 26.2 Å². The van der Waals surface area contributed by atoms with Crippen LogP contribution >= 0.6 is 11.6 Å². The molecule has 1 heterocycles. The molecular formula is C21H31ClN2O3. The fourth-order valence-corrected chi connectivity index (χ4v) is 3.42. The van der Waals surface area contributed by atoms with Gasteiger partial charge in [-0.1, -0.05) is 11.6 Å². The molecule has 0 radical (unpaired) electrons. The zero-order chi connectivity index (χ0) is 19.4. The number of rotatable bonds is 7. The van der Waals surface area contributed by atoms with Crippen LogP contribution in [0.5, 0.6) is 5.75 Å². The van der Waals surface area contributed by atoms with Gasteiger partial charge >= 0.3 is 6.09 Å². The van der Waals surface area contributed by atoms with E-state index in [0.717, 1.165) is 54.9 Å². The van der Waals surface area contributed by atoms with Crippen molar-refractivity contribution in [1.82, 2.24) is 10.2 Å². The molecule has 1 aromatic rings. The summed E-state index contributed by atoms with van der Waals surface area (Å²) in [5, 5.41) is 4.23. The lowest BCUT2D eigenvalue weighted by atomic mass is 10.1. The summed E-state index contributed by atoms with van der Waals surface area (Å²) >= 11 is 6.16. The van der Waals surface area contributed by atoms with Gasteiger partial charge in [-0.15, -0.1) is 0 Å². The lowest BCUT2D eigenvalue weighted by Gasteiger charge is -2.24. The first-order chi connectivity index (χ1) is 12.8. The van der Waals surface area contributed by atoms with Gasteiger partial charge in [-0.2, -0.15) is 0 Å². The third-order valence-corrected chi connectivity index (χ3v) is 5.12. The van der Waals surface area contributed by atoms with Gasteiger partial charge in [0.15, 0.2) is 0 Å². The standard InChI is InChI=1S/C21H31ClN2O3/c1-21(2,3)27-20(25)24-9-8-16(13-24)11-23-12-17-10-18(22)6-7-19(17)26-14-15-4-5-15/h6-7,10,15-16,23H,4-5,8-9,11-14H2,1-3H3/t16-/m0/s1. The van der Waals surface area contributed by atoms with Gasteiger partial charge in [0.25, 0.3) is 0 Å². The Kier molecular flexibility index (Phi) is 6.53. The minimum atomic E-state index is -0.448. The van der Waals surface area contributed by atoms with Gasteiger partial charge in [-0.25, -0.2) is 4.79 Å². The van der Waals surface area contributed by atoms with Crippen LogP contribution in [-0.4, -0.2) is 42.8 Å². The average Bonchev–Trinajstić information content (AvgIpc) is 3.28. The molecule has 1 saturated carbocycles. The number of nitrogens with one attached hydrogen (secondary N) is 1. The summed E-state index contributed by atoms with van der Waals surface area (Å²) in [7, 11) is 0. The molecule has 150 valence electrons. The van der Waals surface area contributed by atoms with E-state index < -0.39 is 5.60 Å². The highest BCUT2D eigenvalue weighted by molar-refractivity contribution is 6.30. The highest BCUT2D eigenvalue weighted by Crippen LogP contribution is 2.31. The van der Waals surface area contributed by atoms with Crippen molar-refractivity contribution in [3.05, 3.63) is 28.8 Å². The first kappa shape index (κ1) is 20.3. The number of carbonyl (C=O) groups is 1. The van der Waals surface area contributed by atoms with Crippen LogP contribution in [0.1, 0.15) is 45.6 Å². The van der Waals surface area contributed by atoms with E-state index in [4.69, 9.17) is 21.1 Å². The normalized spacial score (nSPS) is 20.0. The Labute approximate surface area is 167 Å². The van der Waals surface area contributed by atoms with Crippen molar-refractivity contribution < 1.29 is 14.3 Å². The maximum Gasteiger partial charge on any atom is 0.410 e. The molecule has 6 heteroatoms. The summed E-state index contributed by atoms with van der Waals surface area (Å²) in [6, 6.07) is 5.81. The Balaban J connectivity index is 1.44. The Morgan fingerprint density at radius 2 is 2.04 bits per heavy atom. The number of ether oxygens (including phenoxy) is 2. The van der Waals surface area contributed by atoms with Crippen molar-refractivity contribution in [2.45, 2.75) is 52.2 Å². The molecule has 1 amide bonds. The highest BCUT2D eigenvalue weighted by atomic mass is 35.5. The Bertz CT molecular complexity index is 655. The van der Waals surface area contributed by atoms with Gasteiger partial charge in [0.05, 0.1) is 6.61 Å². The Hall–Kier alpha value is -1.46. The van der Waals surface area contributed by atoms with E-state index in [2.05, 4.69) is 5.32 Å². The first-order valence-electron chi connectivity index (χ1n) is 9.90. The van der Waals surface area contributed by atoms with Crippen LogP contribution in [0, 0.1) is 11.8 Å². The molecule has 0 aromatic heterocycles. The molecule has 2 fully saturated rings. The lowest BCUT2D eigenvalue weighted by molar-refractivity contribution is 0.0288. The van der Waals surface area contributed by atoms with Crippen molar-refractivity contribution in [3.8, 4) is 5.75 Å². The van der Waals surface area contributed by atoms with Crippen molar-refractivity contribution in [1.29, 1.82) is 0 Å². The maximum absolute atomic E-state index is 12.2. The summed E-state index contributed by atoms with van der Waals surface area (Å²) < 4.78 is 11.4. The second-order valence-corrected chi connectivity index (χ2v) is 9.15. The monoisotopic (exact) mass is 394 g/mol. The fraction of sp³-hybridized carbons (Fsp3) is 0.667. The molecule has 3 rings (SSSR count). The van der Waals surface area contributed by atoms with Gasteiger partial charge in [0.2, 0.25) is 0 Å². The van der Waals surface area contributed by atoms with Gasteiger partial charge in [-0.3, -0.25) is 0 Å². The summed E-state index contributed by atoms with van der Waals surface area (Å²) in [5.41, 5.74) is 0.641. The van der Waals surface area contributed by atoms with Crippen LogP contribution in [-0.2, 0) is 11.3 Å². The predicted octanol–water partition coefficient (Wildman–Crippen LogP) is 4.48. The largest absolute Gasteiger partial charge is 0.493 e. The zero-order valence-electron chi connectivity index (χ0n) is 16.6. The number of carbonyl (C=O) groups excluding carboxylic acids is 1. The predicted molar refractivity (Wildman–Crippen MR) is 107 cm³/mol. The summed E-state index contributed by atoms with van der Waals surface area (Å²) in [6.45, 7) is 9.55. The van der Waals surface area contributed by atoms with Crippen molar-refractivity contribution >= 4 is 17.7 Å². The van der Waals surface area contributed by atoms with Crippen LogP contribution in [0.2, 0.25) is 5.02 Å². The molecule has 0 bridgehead atoms. The molecule has 1 aliphatic heterocycles. The minimum absolute atomic E-state index is 0.212. The van der Waals surface area contributed by atoms with E-state index in [1.807, 2.05) is 39.0 Å². The van der Waals surface area contributed by atoms with E-state index in [0.29, 0.717) is 12.5 Å². The van der Waals surface area contributed by atoms with E-state index in [1.165, 1.54) is 12.8 Å². The third kappa shape index (κ3) is 6.58. The zero-order valence-corrected chi connectivity index (χ0v) is 17.3. The molecule has 1 aromatic carbocycles. The molecule has 0 unspecified atom stereocenters. The first-order valence-corrected chi connectivity index (χ1v) is 10.3. The molecule has 1 aliphatic carbocycles. The number of nitrogens with zero attached hydrogens (tertiary/aromatic N) is 1. The fourth-order valence-electron chi connectivity index (χ4n) is 3.22. The third-order valence-electron chi connectivity index (χ3n) is 4.88. The molecule has 1 atom stereocenters. The van der Waals surface area contributed by atoms with Crippen molar-refractivity contribution in [2.24, 2.45) is 11.8 Å². The van der Waals surface area contributed by atoms with E-state index in [1.54, 1.807) is 4.90 Å². The smallest absolute Gasteiger partial charge is 0.410 e. The number of likely N-dealkylation sites (tertiary alicyclic amines) is 1. The molecule has 5 nitrogen and oxygen atoms in total. The van der Waals surface area contributed by atoms with Gasteiger partial charge in [0, 0.05) is 36.8 Å². The lowest BCUT2D eigenvalue weighted by Crippen LogP contribution is -2.36. The number of hydrogen-bond acceptors (Lipinski definition) is 4. The Morgan fingerprint density at radius 3 is 2.74 bits per heavy atom. The molecule has 1 saturated heterocycles. The van der Waals surface area contributed by atoms with E-state index in [9.17, 15) is 4.79 Å². The van der Waals surface area contributed by atoms with Crippen LogP contribution in [0.3, 0.4) is 0 Å². The summed E-state index contributed by atoms with van der Waals surface area (Å²) in [5.74, 6) is 2.08. The van der Waals surface area contributed by atoms with Gasteiger partial charge in [0.1, 0.15) is 11.4 Å². The van der Waals surface area contributed by atoms with Crippen LogP contribution < -0.4 is 10.1 Å². The molecule has 0 spiro atoms. The number of halogens is 1. The highest BCUT2D eigenvalue weighted by Gasteiger charge is 2.29. The van der Waals surface area contributed by atoms with Crippen molar-refractivity contribution in [3.63, 3.8) is 0 Å². The maximum atomic E-state index is 12.2.